The molecule has 0 atom stereocenters. The van der Waals surface area contributed by atoms with Crippen molar-refractivity contribution in [2.24, 2.45) is 5.10 Å². The summed E-state index contributed by atoms with van der Waals surface area (Å²) in [6.07, 6.45) is -0.954. The molecule has 30 heteroatoms. The van der Waals surface area contributed by atoms with Crippen LogP contribution in [0.15, 0.2) is 91.4 Å². The Hall–Kier alpha value is -1.51. The van der Waals surface area contributed by atoms with Crippen LogP contribution in [0.4, 0.5) is 33.3 Å². The molecular weight excluding hydrogens is 929 g/mol. The molecule has 0 saturated heterocycles. The zero-order chi connectivity index (χ0) is 40.2. The SMILES string of the molecule is O=C1/C(=N/Nc2ccc3c(S(=O)(=O)[O-])cccc3c2S(=O)(=O)[O-])C(S(=O)(=O)[O-])=Cc2cc(S(=O)(=O)[O-])cc(Nc3nc(F)nc(Nc4ccc(Cl)cc4)n3)c21.[Na+].[Na+].[Na+].[Na+]. The number of ketones is 1. The molecule has 3 N–H and O–H groups in total. The Labute approximate surface area is 427 Å². The second-order valence-corrected chi connectivity index (χ2v) is 16.8. The van der Waals surface area contributed by atoms with E-state index >= 15 is 0 Å². The quantitative estimate of drug-likeness (QED) is 0.0665. The Balaban J connectivity index is 0.00000300. The summed E-state index contributed by atoms with van der Waals surface area (Å²) in [6.45, 7) is 0. The van der Waals surface area contributed by atoms with Crippen molar-refractivity contribution >= 4 is 109 Å². The molecule has 1 heterocycles. The van der Waals surface area contributed by atoms with E-state index in [9.17, 15) is 61.1 Å². The molecule has 1 aliphatic rings. The van der Waals surface area contributed by atoms with E-state index in [2.05, 4.69) is 30.7 Å². The number of allylic oxidation sites excluding steroid dienone is 1. The second-order valence-electron chi connectivity index (χ2n) is 11.0. The number of carbonyl (C=O) groups excluding carboxylic acids is 1. The van der Waals surface area contributed by atoms with Crippen molar-refractivity contribution < 1.29 is 179 Å². The molecule has 6 rings (SSSR count). The van der Waals surface area contributed by atoms with Gasteiger partial charge < -0.3 is 28.8 Å². The van der Waals surface area contributed by atoms with Crippen LogP contribution in [0.25, 0.3) is 16.8 Å². The number of carbonyl (C=O) groups is 1. The van der Waals surface area contributed by atoms with E-state index in [1.807, 2.05) is 5.43 Å². The average Bonchev–Trinajstić information content (AvgIpc) is 3.06. The van der Waals surface area contributed by atoms with Crippen LogP contribution in [0, 0.1) is 6.08 Å². The first-order valence-electron chi connectivity index (χ1n) is 14.4. The number of hydrogen-bond acceptors (Lipinski definition) is 20. The van der Waals surface area contributed by atoms with E-state index < -0.39 is 123 Å². The van der Waals surface area contributed by atoms with Gasteiger partial charge in [0.2, 0.25) is 17.7 Å². The van der Waals surface area contributed by atoms with Crippen LogP contribution in [0.3, 0.4) is 0 Å². The summed E-state index contributed by atoms with van der Waals surface area (Å²) in [5, 5.41) is 7.84. The van der Waals surface area contributed by atoms with Crippen molar-refractivity contribution in [1.82, 2.24) is 15.0 Å². The fourth-order valence-electron chi connectivity index (χ4n) is 5.22. The molecule has 0 saturated carbocycles. The van der Waals surface area contributed by atoms with Gasteiger partial charge in [-0.3, -0.25) is 10.2 Å². The maximum Gasteiger partial charge on any atom is 1.00 e. The summed E-state index contributed by atoms with van der Waals surface area (Å²) in [5.41, 5.74) is -1.79. The number of anilines is 5. The minimum atomic E-state index is -5.72. The average molecular weight is 944 g/mol. The molecule has 0 radical (unpaired) electrons. The normalized spacial score (nSPS) is 13.4. The molecule has 4 aromatic carbocycles. The third-order valence-corrected chi connectivity index (χ3v) is 11.1. The first kappa shape index (κ1) is 53.6. The molecule has 59 heavy (non-hydrogen) atoms. The first-order chi connectivity index (χ1) is 25.5. The molecular formula is C29H15ClFN7Na4O13S4. The molecule has 20 nitrogen and oxygen atoms in total. The zero-order valence-corrected chi connectivity index (χ0v) is 42.4. The van der Waals surface area contributed by atoms with E-state index in [0.717, 1.165) is 30.3 Å². The van der Waals surface area contributed by atoms with Crippen LogP contribution >= 0.6 is 11.6 Å². The number of halogens is 2. The molecule has 0 aliphatic heterocycles. The van der Waals surface area contributed by atoms with Gasteiger partial charge in [-0.2, -0.15) is 24.4 Å². The summed E-state index contributed by atoms with van der Waals surface area (Å²) in [4.78, 5) is 20.2. The fourth-order valence-corrected chi connectivity index (χ4v) is 8.05. The summed E-state index contributed by atoms with van der Waals surface area (Å²) >= 11 is 5.87. The van der Waals surface area contributed by atoms with Gasteiger partial charge in [-0.25, -0.2) is 33.7 Å². The maximum atomic E-state index is 14.6. The Morgan fingerprint density at radius 1 is 0.661 bits per heavy atom. The Morgan fingerprint density at radius 3 is 1.83 bits per heavy atom. The van der Waals surface area contributed by atoms with Crippen LogP contribution in [-0.2, 0) is 40.5 Å². The van der Waals surface area contributed by atoms with Crippen LogP contribution < -0.4 is 134 Å². The summed E-state index contributed by atoms with van der Waals surface area (Å²) < 4.78 is 161. The van der Waals surface area contributed by atoms with Gasteiger partial charge in [-0.15, -0.1) is 0 Å². The van der Waals surface area contributed by atoms with Gasteiger partial charge in [0.25, 0.3) is 0 Å². The summed E-state index contributed by atoms with van der Waals surface area (Å²) in [7, 11) is -21.9. The van der Waals surface area contributed by atoms with Crippen LogP contribution in [0.2, 0.25) is 5.02 Å². The Kier molecular flexibility index (Phi) is 18.5. The van der Waals surface area contributed by atoms with Crippen molar-refractivity contribution in [3.8, 4) is 0 Å². The van der Waals surface area contributed by atoms with Gasteiger partial charge in [0, 0.05) is 21.5 Å². The number of fused-ring (bicyclic) bond motifs is 2. The predicted octanol–water partition coefficient (Wildman–Crippen LogP) is -9.42. The number of benzene rings is 4. The minimum absolute atomic E-state index is 0. The molecule has 286 valence electrons. The second kappa shape index (κ2) is 20.3. The van der Waals surface area contributed by atoms with Crippen molar-refractivity contribution in [2.75, 3.05) is 16.1 Å². The van der Waals surface area contributed by atoms with Gasteiger partial charge >= 0.3 is 124 Å². The first-order valence-corrected chi connectivity index (χ1v) is 20.4. The number of hydrazone groups is 1. The largest absolute Gasteiger partial charge is 1.00 e. The van der Waals surface area contributed by atoms with Crippen molar-refractivity contribution in [2.45, 2.75) is 14.7 Å². The zero-order valence-electron chi connectivity index (χ0n) is 30.4. The molecule has 1 aliphatic carbocycles. The molecule has 0 bridgehead atoms. The molecule has 0 fully saturated rings. The number of Topliss-reactive ketones (excluding diaryl/α,β-unsaturated/α-hetero) is 1. The van der Waals surface area contributed by atoms with Gasteiger partial charge in [-0.05, 0) is 60.2 Å². The van der Waals surface area contributed by atoms with Crippen LogP contribution in [0.5, 0.6) is 0 Å². The van der Waals surface area contributed by atoms with Crippen molar-refractivity contribution in [3.63, 3.8) is 0 Å². The van der Waals surface area contributed by atoms with Gasteiger partial charge in [0.15, 0.2) is 0 Å². The number of rotatable bonds is 10. The number of aromatic nitrogens is 3. The molecule has 0 spiro atoms. The monoisotopic (exact) mass is 943 g/mol. The van der Waals surface area contributed by atoms with Gasteiger partial charge in [0.05, 0.1) is 36.5 Å². The molecule has 1 aromatic heterocycles. The maximum absolute atomic E-state index is 14.6. The number of nitrogens with zero attached hydrogens (tertiary/aromatic N) is 4. The van der Waals surface area contributed by atoms with Crippen LogP contribution in [-0.4, -0.2) is 78.3 Å². The number of nitrogens with one attached hydrogen (secondary N) is 3. The smallest absolute Gasteiger partial charge is 0.744 e. The van der Waals surface area contributed by atoms with Crippen LogP contribution in [0.1, 0.15) is 15.9 Å². The fraction of sp³-hybridized carbons (Fsp3) is 0. The molecule has 5 aromatic rings. The van der Waals surface area contributed by atoms with E-state index in [4.69, 9.17) is 11.6 Å². The Morgan fingerprint density at radius 2 is 1.27 bits per heavy atom. The molecule has 0 unspecified atom stereocenters. The third-order valence-electron chi connectivity index (χ3n) is 7.40. The summed E-state index contributed by atoms with van der Waals surface area (Å²) in [6, 6.07) is 11.4. The van der Waals surface area contributed by atoms with E-state index in [1.165, 1.54) is 24.3 Å². The van der Waals surface area contributed by atoms with Gasteiger partial charge in [-0.1, -0.05) is 29.8 Å². The van der Waals surface area contributed by atoms with E-state index in [1.54, 1.807) is 0 Å². The standard InChI is InChI=1S/C29H19ClFN7O13S4.4Na/c30-14-4-6-15(7-5-14)32-28-34-27(31)35-29(36-28)33-20-12-16(52(40,41)42)10-13-11-22(54(46,47)48)24(25(39)23(13)20)38-37-19-9-8-17-18(26(19)55(49,50)51)2-1-3-21(17)53(43,44)45;;;;/h1-12,37H,(H,40,41,42)(H,43,44,45)(H,46,47,48)(H,49,50,51)(H2,32,33,34,35,36);;;;/q;4*+1/p-4/b38-24+;;;;. The number of hydrogen-bond donors (Lipinski definition) is 3. The minimum Gasteiger partial charge on any atom is -0.744 e. The topological polar surface area (TPSA) is 333 Å². The summed E-state index contributed by atoms with van der Waals surface area (Å²) in [5.74, 6) is -2.64. The third kappa shape index (κ3) is 12.4. The van der Waals surface area contributed by atoms with Crippen molar-refractivity contribution in [3.05, 3.63) is 93.9 Å². The molecule has 0 amide bonds. The van der Waals surface area contributed by atoms with Gasteiger partial charge in [0.1, 0.15) is 46.2 Å². The predicted molar refractivity (Wildman–Crippen MR) is 185 cm³/mol. The van der Waals surface area contributed by atoms with Crippen molar-refractivity contribution in [1.29, 1.82) is 0 Å². The van der Waals surface area contributed by atoms with E-state index in [-0.39, 0.29) is 118 Å². The van der Waals surface area contributed by atoms with E-state index in [0.29, 0.717) is 28.9 Å². The Bertz CT molecular complexity index is 3020.